The lowest BCUT2D eigenvalue weighted by Gasteiger charge is -1.99. The summed E-state index contributed by atoms with van der Waals surface area (Å²) >= 11 is 0. The highest BCUT2D eigenvalue weighted by Gasteiger charge is 1.92. The molecule has 0 rings (SSSR count). The third-order valence-corrected chi connectivity index (χ3v) is 0.428. The van der Waals surface area contributed by atoms with Gasteiger partial charge in [-0.2, -0.15) is 0 Å². The maximum atomic E-state index is 8.19. The van der Waals surface area contributed by atoms with Crippen molar-refractivity contribution in [3.05, 3.63) is 0 Å². The van der Waals surface area contributed by atoms with Crippen LogP contribution in [-0.2, 0) is 4.74 Å². The van der Waals surface area contributed by atoms with Crippen LogP contribution in [0.25, 0.3) is 0 Å². The van der Waals surface area contributed by atoms with Crippen molar-refractivity contribution in [1.82, 2.24) is 0 Å². The van der Waals surface area contributed by atoms with E-state index in [4.69, 9.17) is 10.2 Å². The third-order valence-electron chi connectivity index (χ3n) is 0.428. The molecule has 0 amide bonds. The molecule has 0 bridgehead atoms. The van der Waals surface area contributed by atoms with Crippen molar-refractivity contribution in [2.45, 2.75) is 6.29 Å². The van der Waals surface area contributed by atoms with E-state index >= 15 is 0 Å². The van der Waals surface area contributed by atoms with Gasteiger partial charge in [0.2, 0.25) is 0 Å². The van der Waals surface area contributed by atoms with Gasteiger partial charge in [-0.15, -0.1) is 0 Å². The fourth-order valence-electron chi connectivity index (χ4n) is 0.0745. The first-order valence-electron chi connectivity index (χ1n) is 1.63. The van der Waals surface area contributed by atoms with Gasteiger partial charge in [-0.3, -0.25) is 0 Å². The van der Waals surface area contributed by atoms with Crippen LogP contribution < -0.4 is 0 Å². The van der Waals surface area contributed by atoms with Crippen molar-refractivity contribution in [3.63, 3.8) is 0 Å². The summed E-state index contributed by atoms with van der Waals surface area (Å²) in [5, 5.41) is 16.2. The second-order valence-corrected chi connectivity index (χ2v) is 0.873. The molecule has 0 radical (unpaired) electrons. The van der Waals surface area contributed by atoms with E-state index in [1.54, 1.807) is 0 Å². The smallest absolute Gasteiger partial charge is 0.177 e. The Morgan fingerprint density at radius 1 is 1.83 bits per heavy atom. The molecule has 0 unspecified atom stereocenters. The van der Waals surface area contributed by atoms with Crippen LogP contribution in [0.2, 0.25) is 0 Å². The first kappa shape index (κ1) is 5.88. The van der Waals surface area contributed by atoms with Crippen LogP contribution >= 0.6 is 0 Å². The van der Waals surface area contributed by atoms with Crippen molar-refractivity contribution in [1.29, 1.82) is 0 Å². The van der Waals surface area contributed by atoms with Crippen LogP contribution in [0.1, 0.15) is 0 Å². The lowest BCUT2D eigenvalue weighted by atomic mass is 10.7. The molecular weight excluding hydrogens is 84.0 g/mol. The average molecular weight is 92.1 g/mol. The number of hydrogen-bond acceptors (Lipinski definition) is 3. The minimum atomic E-state index is -1.01. The van der Waals surface area contributed by atoms with Crippen LogP contribution in [0.5, 0.6) is 0 Å². The van der Waals surface area contributed by atoms with Crippen molar-refractivity contribution in [3.8, 4) is 0 Å². The fraction of sp³-hybridized carbons (Fsp3) is 1.00. The molecule has 0 aromatic rings. The summed E-state index contributed by atoms with van der Waals surface area (Å²) in [4.78, 5) is 0. The van der Waals surface area contributed by atoms with Gasteiger partial charge in [0.1, 0.15) is 0 Å². The summed E-state index contributed by atoms with van der Waals surface area (Å²) < 4.78 is 4.20. The minimum absolute atomic E-state index is 0.337. The molecule has 1 atom stereocenters. The molecule has 0 aliphatic rings. The lowest BCUT2D eigenvalue weighted by Crippen LogP contribution is -2.12. The van der Waals surface area contributed by atoms with Gasteiger partial charge in [-0.05, 0) is 0 Å². The van der Waals surface area contributed by atoms with Crippen molar-refractivity contribution in [2.24, 2.45) is 0 Å². The minimum Gasteiger partial charge on any atom is -0.391 e. The highest BCUT2D eigenvalue weighted by Crippen LogP contribution is 1.75. The second kappa shape index (κ2) is 3.08. The Bertz CT molecular complexity index is 25.2. The highest BCUT2D eigenvalue weighted by atomic mass is 16.6. The molecule has 0 fully saturated rings. The van der Waals surface area contributed by atoms with Crippen molar-refractivity contribution >= 4 is 0 Å². The molecule has 3 heteroatoms. The van der Waals surface area contributed by atoms with Gasteiger partial charge in [-0.25, -0.2) is 0 Å². The third kappa shape index (κ3) is 2.14. The van der Waals surface area contributed by atoms with Crippen molar-refractivity contribution < 1.29 is 14.9 Å². The monoisotopic (exact) mass is 92.0 g/mol. The van der Waals surface area contributed by atoms with Crippen LogP contribution in [0, 0.1) is 0 Å². The Hall–Kier alpha value is -0.120. The maximum absolute atomic E-state index is 8.19. The van der Waals surface area contributed by atoms with E-state index in [0.29, 0.717) is 0 Å². The van der Waals surface area contributed by atoms with E-state index in [2.05, 4.69) is 4.74 Å². The zero-order chi connectivity index (χ0) is 4.99. The molecule has 0 aliphatic carbocycles. The summed E-state index contributed by atoms with van der Waals surface area (Å²) in [6.07, 6.45) is -1.01. The van der Waals surface area contributed by atoms with Crippen LogP contribution in [0.3, 0.4) is 0 Å². The van der Waals surface area contributed by atoms with E-state index < -0.39 is 6.29 Å². The SMILES string of the molecule is CO[C@H](O)CO. The maximum Gasteiger partial charge on any atom is 0.177 e. The predicted molar refractivity (Wildman–Crippen MR) is 20.1 cm³/mol. The summed E-state index contributed by atoms with van der Waals surface area (Å²) in [6, 6.07) is 0. The number of rotatable bonds is 2. The molecule has 6 heavy (non-hydrogen) atoms. The van der Waals surface area contributed by atoms with E-state index in [1.165, 1.54) is 7.11 Å². The number of ether oxygens (including phenoxy) is 1. The van der Waals surface area contributed by atoms with E-state index in [1.807, 2.05) is 0 Å². The Morgan fingerprint density at radius 3 is 2.33 bits per heavy atom. The van der Waals surface area contributed by atoms with E-state index in [9.17, 15) is 0 Å². The molecule has 0 saturated carbocycles. The Kier molecular flexibility index (Phi) is 3.02. The number of aliphatic hydroxyl groups is 2. The Balaban J connectivity index is 2.75. The molecule has 38 valence electrons. The molecule has 0 aliphatic heterocycles. The van der Waals surface area contributed by atoms with Gasteiger partial charge in [0.25, 0.3) is 0 Å². The molecule has 3 nitrogen and oxygen atoms in total. The molecular formula is C3H8O3. The van der Waals surface area contributed by atoms with Gasteiger partial charge < -0.3 is 14.9 Å². The predicted octanol–water partition coefficient (Wildman–Crippen LogP) is -1.06. The largest absolute Gasteiger partial charge is 0.391 e. The topological polar surface area (TPSA) is 49.7 Å². The van der Waals surface area contributed by atoms with E-state index in [-0.39, 0.29) is 6.61 Å². The summed E-state index contributed by atoms with van der Waals surface area (Å²) in [6.45, 7) is -0.337. The zero-order valence-electron chi connectivity index (χ0n) is 3.59. The molecule has 0 saturated heterocycles. The summed E-state index contributed by atoms with van der Waals surface area (Å²) in [5.74, 6) is 0. The number of methoxy groups -OCH3 is 1. The summed E-state index contributed by atoms with van der Waals surface area (Å²) in [7, 11) is 1.32. The standard InChI is InChI=1S/C3H8O3/c1-6-3(5)2-4/h3-5H,2H2,1H3/t3-/m0/s1. The van der Waals surface area contributed by atoms with Gasteiger partial charge in [0.15, 0.2) is 6.29 Å². The fourth-order valence-corrected chi connectivity index (χ4v) is 0.0745. The van der Waals surface area contributed by atoms with Crippen molar-refractivity contribution in [2.75, 3.05) is 13.7 Å². The van der Waals surface area contributed by atoms with Gasteiger partial charge in [0, 0.05) is 7.11 Å². The molecule has 0 spiro atoms. The highest BCUT2D eigenvalue weighted by molar-refractivity contribution is 4.25. The quantitative estimate of drug-likeness (QED) is 0.427. The average Bonchev–Trinajstić information content (AvgIpc) is 1.65. The van der Waals surface area contributed by atoms with Crippen LogP contribution in [-0.4, -0.2) is 30.2 Å². The molecule has 0 aromatic heterocycles. The van der Waals surface area contributed by atoms with Crippen LogP contribution in [0.4, 0.5) is 0 Å². The van der Waals surface area contributed by atoms with Gasteiger partial charge in [0.05, 0.1) is 6.61 Å². The molecule has 0 aromatic carbocycles. The molecule has 0 heterocycles. The number of aliphatic hydroxyl groups excluding tert-OH is 2. The lowest BCUT2D eigenvalue weighted by molar-refractivity contribution is -0.102. The first-order chi connectivity index (χ1) is 2.81. The van der Waals surface area contributed by atoms with Crippen LogP contribution in [0.15, 0.2) is 0 Å². The second-order valence-electron chi connectivity index (χ2n) is 0.873. The summed E-state index contributed by atoms with van der Waals surface area (Å²) in [5.41, 5.74) is 0. The van der Waals surface area contributed by atoms with E-state index in [0.717, 1.165) is 0 Å². The number of hydrogen-bond donors (Lipinski definition) is 2. The first-order valence-corrected chi connectivity index (χ1v) is 1.63. The molecule has 2 N–H and O–H groups in total. The van der Waals surface area contributed by atoms with Gasteiger partial charge >= 0.3 is 0 Å². The van der Waals surface area contributed by atoms with Gasteiger partial charge in [-0.1, -0.05) is 0 Å². The Labute approximate surface area is 36.2 Å². The zero-order valence-corrected chi connectivity index (χ0v) is 3.59. The normalized spacial score (nSPS) is 14.5. The Morgan fingerprint density at radius 2 is 2.33 bits per heavy atom.